The molecule has 5 nitrogen and oxygen atoms in total. The summed E-state index contributed by atoms with van der Waals surface area (Å²) in [5.41, 5.74) is 1.50. The Balaban J connectivity index is 2.18. The Kier molecular flexibility index (Phi) is 2.92. The number of nitrogens with zero attached hydrogens (tertiary/aromatic N) is 1. The predicted octanol–water partition coefficient (Wildman–Crippen LogP) is 0.853. The highest BCUT2D eigenvalue weighted by atomic mass is 16.4. The van der Waals surface area contributed by atoms with Crippen LogP contribution in [0.3, 0.4) is 0 Å². The number of nitrogens with one attached hydrogen (secondary N) is 1. The zero-order chi connectivity index (χ0) is 12.6. The topological polar surface area (TPSA) is 71.3 Å². The fourth-order valence-corrected chi connectivity index (χ4v) is 2.00. The molecular formula is C12H16N2O3. The van der Waals surface area contributed by atoms with Gasteiger partial charge < -0.3 is 15.0 Å². The van der Waals surface area contributed by atoms with E-state index in [2.05, 4.69) is 5.32 Å². The van der Waals surface area contributed by atoms with E-state index in [9.17, 15) is 9.59 Å². The fourth-order valence-electron chi connectivity index (χ4n) is 2.00. The molecule has 1 aliphatic rings. The molecule has 0 radical (unpaired) electrons. The van der Waals surface area contributed by atoms with E-state index >= 15 is 0 Å². The van der Waals surface area contributed by atoms with Crippen molar-refractivity contribution in [2.45, 2.75) is 32.2 Å². The molecule has 2 N–H and O–H groups in total. The number of hydrogen-bond acceptors (Lipinski definition) is 2. The van der Waals surface area contributed by atoms with Crippen LogP contribution in [0, 0.1) is 6.92 Å². The van der Waals surface area contributed by atoms with E-state index in [0.717, 1.165) is 12.8 Å². The molecule has 92 valence electrons. The Morgan fingerprint density at radius 3 is 2.71 bits per heavy atom. The first-order chi connectivity index (χ1) is 7.99. The number of aromatic nitrogens is 1. The summed E-state index contributed by atoms with van der Waals surface area (Å²) < 4.78 is 1.71. The summed E-state index contributed by atoms with van der Waals surface area (Å²) in [5, 5.41) is 12.0. The number of amides is 1. The largest absolute Gasteiger partial charge is 0.478 e. The molecule has 1 aromatic rings. The summed E-state index contributed by atoms with van der Waals surface area (Å²) in [6, 6.07) is 0.303. The van der Waals surface area contributed by atoms with Crippen LogP contribution in [-0.4, -0.2) is 27.6 Å². The molecule has 0 unspecified atom stereocenters. The number of hydrogen-bond donors (Lipinski definition) is 2. The van der Waals surface area contributed by atoms with Crippen LogP contribution in [0.5, 0.6) is 0 Å². The first-order valence-corrected chi connectivity index (χ1v) is 5.66. The van der Waals surface area contributed by atoms with Crippen LogP contribution in [0.25, 0.3) is 0 Å². The number of aromatic carboxylic acids is 1. The van der Waals surface area contributed by atoms with Gasteiger partial charge in [0.1, 0.15) is 0 Å². The molecular weight excluding hydrogens is 220 g/mol. The quantitative estimate of drug-likeness (QED) is 0.814. The highest BCUT2D eigenvalue weighted by molar-refractivity contribution is 5.93. The molecule has 17 heavy (non-hydrogen) atoms. The van der Waals surface area contributed by atoms with Crippen LogP contribution in [-0.2, 0) is 18.3 Å². The summed E-state index contributed by atoms with van der Waals surface area (Å²) >= 11 is 0. The van der Waals surface area contributed by atoms with Crippen LogP contribution < -0.4 is 5.32 Å². The van der Waals surface area contributed by atoms with Crippen LogP contribution in [0.4, 0.5) is 0 Å². The molecule has 2 rings (SSSR count). The summed E-state index contributed by atoms with van der Waals surface area (Å²) in [4.78, 5) is 22.8. The smallest absolute Gasteiger partial charge is 0.337 e. The van der Waals surface area contributed by atoms with E-state index in [1.807, 2.05) is 0 Å². The van der Waals surface area contributed by atoms with Crippen molar-refractivity contribution in [2.24, 2.45) is 7.05 Å². The molecule has 1 aliphatic carbocycles. The fraction of sp³-hybridized carbons (Fsp3) is 0.500. The lowest BCUT2D eigenvalue weighted by Crippen LogP contribution is -2.28. The molecule has 1 heterocycles. The lowest BCUT2D eigenvalue weighted by atomic mass is 10.1. The zero-order valence-electron chi connectivity index (χ0n) is 9.99. The Bertz CT molecular complexity index is 472. The Labute approximate surface area is 99.4 Å². The lowest BCUT2D eigenvalue weighted by molar-refractivity contribution is -0.120. The van der Waals surface area contributed by atoms with Crippen molar-refractivity contribution >= 4 is 11.9 Å². The monoisotopic (exact) mass is 236 g/mol. The minimum absolute atomic E-state index is 0.101. The third kappa shape index (κ3) is 2.49. The molecule has 0 spiro atoms. The van der Waals surface area contributed by atoms with Crippen molar-refractivity contribution in [1.82, 2.24) is 9.88 Å². The zero-order valence-corrected chi connectivity index (χ0v) is 9.99. The van der Waals surface area contributed by atoms with Crippen molar-refractivity contribution in [2.75, 3.05) is 0 Å². The van der Waals surface area contributed by atoms with E-state index < -0.39 is 5.97 Å². The SMILES string of the molecule is Cc1cn(C)c(CC(=O)NC2CC2)c1C(=O)O. The number of carboxylic acids is 1. The second kappa shape index (κ2) is 4.24. The van der Waals surface area contributed by atoms with E-state index in [1.165, 1.54) is 0 Å². The minimum Gasteiger partial charge on any atom is -0.478 e. The molecule has 1 fully saturated rings. The summed E-state index contributed by atoms with van der Waals surface area (Å²) in [6.45, 7) is 1.74. The van der Waals surface area contributed by atoms with Crippen molar-refractivity contribution in [1.29, 1.82) is 0 Å². The lowest BCUT2D eigenvalue weighted by Gasteiger charge is -2.06. The van der Waals surface area contributed by atoms with Crippen molar-refractivity contribution in [3.8, 4) is 0 Å². The average molecular weight is 236 g/mol. The number of aryl methyl sites for hydroxylation is 2. The van der Waals surface area contributed by atoms with Gasteiger partial charge in [-0.15, -0.1) is 0 Å². The second-order valence-electron chi connectivity index (χ2n) is 4.57. The van der Waals surface area contributed by atoms with Crippen molar-refractivity contribution < 1.29 is 14.7 Å². The Morgan fingerprint density at radius 2 is 2.18 bits per heavy atom. The first-order valence-electron chi connectivity index (χ1n) is 5.66. The molecule has 0 aliphatic heterocycles. The molecule has 1 aromatic heterocycles. The standard InChI is InChI=1S/C12H16N2O3/c1-7-6-14(2)9(11(7)12(16)17)5-10(15)13-8-3-4-8/h6,8H,3-5H2,1-2H3,(H,13,15)(H,16,17). The van der Waals surface area contributed by atoms with Gasteiger partial charge in [-0.05, 0) is 25.3 Å². The number of rotatable bonds is 4. The maximum absolute atomic E-state index is 11.7. The number of carbonyl (C=O) groups excluding carboxylic acids is 1. The van der Waals surface area contributed by atoms with E-state index in [4.69, 9.17) is 5.11 Å². The average Bonchev–Trinajstić information content (AvgIpc) is 2.94. The van der Waals surface area contributed by atoms with Gasteiger partial charge in [-0.2, -0.15) is 0 Å². The molecule has 1 amide bonds. The van der Waals surface area contributed by atoms with Gasteiger partial charge in [0.05, 0.1) is 12.0 Å². The van der Waals surface area contributed by atoms with Crippen LogP contribution >= 0.6 is 0 Å². The maximum atomic E-state index is 11.7. The molecule has 0 atom stereocenters. The van der Waals surface area contributed by atoms with Crippen molar-refractivity contribution in [3.63, 3.8) is 0 Å². The van der Waals surface area contributed by atoms with Crippen LogP contribution in [0.2, 0.25) is 0 Å². The third-order valence-corrected chi connectivity index (χ3v) is 2.98. The van der Waals surface area contributed by atoms with Gasteiger partial charge in [-0.3, -0.25) is 4.79 Å². The van der Waals surface area contributed by atoms with E-state index in [0.29, 0.717) is 17.3 Å². The first kappa shape index (κ1) is 11.7. The van der Waals surface area contributed by atoms with Gasteiger partial charge in [0, 0.05) is 25.0 Å². The van der Waals surface area contributed by atoms with Gasteiger partial charge in [0.2, 0.25) is 5.91 Å². The Hall–Kier alpha value is -1.78. The van der Waals surface area contributed by atoms with Crippen molar-refractivity contribution in [3.05, 3.63) is 23.0 Å². The summed E-state index contributed by atoms with van der Waals surface area (Å²) in [6.07, 6.45) is 3.93. The van der Waals surface area contributed by atoms with Gasteiger partial charge in [-0.1, -0.05) is 0 Å². The Morgan fingerprint density at radius 1 is 1.53 bits per heavy atom. The molecule has 0 saturated heterocycles. The summed E-state index contributed by atoms with van der Waals surface area (Å²) in [5.74, 6) is -1.08. The summed E-state index contributed by atoms with van der Waals surface area (Å²) in [7, 11) is 1.76. The predicted molar refractivity (Wildman–Crippen MR) is 62.0 cm³/mol. The molecule has 5 heteroatoms. The van der Waals surface area contributed by atoms with E-state index in [-0.39, 0.29) is 17.9 Å². The van der Waals surface area contributed by atoms with Gasteiger partial charge in [0.15, 0.2) is 0 Å². The van der Waals surface area contributed by atoms with Gasteiger partial charge >= 0.3 is 5.97 Å². The third-order valence-electron chi connectivity index (χ3n) is 2.98. The number of carbonyl (C=O) groups is 2. The maximum Gasteiger partial charge on any atom is 0.337 e. The second-order valence-corrected chi connectivity index (χ2v) is 4.57. The normalized spacial score (nSPS) is 14.7. The van der Waals surface area contributed by atoms with Crippen LogP contribution in [0.15, 0.2) is 6.20 Å². The molecule has 0 aromatic carbocycles. The number of carboxylic acid groups (broad SMARTS) is 1. The molecule has 1 saturated carbocycles. The van der Waals surface area contributed by atoms with Gasteiger partial charge in [0.25, 0.3) is 0 Å². The molecule has 0 bridgehead atoms. The minimum atomic E-state index is -0.975. The highest BCUT2D eigenvalue weighted by Crippen LogP contribution is 2.20. The van der Waals surface area contributed by atoms with Gasteiger partial charge in [-0.25, -0.2) is 4.79 Å². The highest BCUT2D eigenvalue weighted by Gasteiger charge is 2.25. The van der Waals surface area contributed by atoms with E-state index in [1.54, 1.807) is 24.7 Å². The van der Waals surface area contributed by atoms with Crippen LogP contribution in [0.1, 0.15) is 34.5 Å².